The SMILES string of the molecule is CCNC(=NCc1nc(C)c(C)o1)NCC(C)(C)c1cccc(Cl)c1. The van der Waals surface area contributed by atoms with Crippen LogP contribution in [0.15, 0.2) is 33.7 Å². The van der Waals surface area contributed by atoms with E-state index in [-0.39, 0.29) is 5.41 Å². The average molecular weight is 363 g/mol. The summed E-state index contributed by atoms with van der Waals surface area (Å²) in [6, 6.07) is 7.97. The second-order valence-corrected chi connectivity index (χ2v) is 7.13. The average Bonchev–Trinajstić information content (AvgIpc) is 2.88. The molecule has 0 fully saturated rings. The predicted octanol–water partition coefficient (Wildman–Crippen LogP) is 3.98. The minimum atomic E-state index is -0.0861. The summed E-state index contributed by atoms with van der Waals surface area (Å²) in [7, 11) is 0. The van der Waals surface area contributed by atoms with Crippen molar-refractivity contribution in [1.82, 2.24) is 15.6 Å². The summed E-state index contributed by atoms with van der Waals surface area (Å²) in [4.78, 5) is 8.93. The van der Waals surface area contributed by atoms with Crippen LogP contribution in [0.4, 0.5) is 0 Å². The molecule has 25 heavy (non-hydrogen) atoms. The van der Waals surface area contributed by atoms with Gasteiger partial charge in [0.25, 0.3) is 0 Å². The molecule has 1 aromatic heterocycles. The van der Waals surface area contributed by atoms with Gasteiger partial charge in [-0.3, -0.25) is 0 Å². The van der Waals surface area contributed by atoms with E-state index in [0.29, 0.717) is 12.4 Å². The summed E-state index contributed by atoms with van der Waals surface area (Å²) in [5, 5.41) is 7.40. The number of aromatic nitrogens is 1. The van der Waals surface area contributed by atoms with Gasteiger partial charge in [-0.25, -0.2) is 9.98 Å². The summed E-state index contributed by atoms with van der Waals surface area (Å²) in [5.74, 6) is 2.21. The molecule has 2 aromatic rings. The number of aliphatic imine (C=N–C) groups is 1. The smallest absolute Gasteiger partial charge is 0.216 e. The zero-order valence-corrected chi connectivity index (χ0v) is 16.4. The first-order chi connectivity index (χ1) is 11.8. The minimum absolute atomic E-state index is 0.0861. The van der Waals surface area contributed by atoms with Crippen molar-refractivity contribution in [3.63, 3.8) is 0 Å². The first-order valence-corrected chi connectivity index (χ1v) is 8.90. The fourth-order valence-electron chi connectivity index (χ4n) is 2.41. The number of aryl methyl sites for hydroxylation is 2. The molecule has 136 valence electrons. The van der Waals surface area contributed by atoms with Gasteiger partial charge in [-0.05, 0) is 38.5 Å². The molecule has 0 aliphatic heterocycles. The third-order valence-corrected chi connectivity index (χ3v) is 4.33. The normalized spacial score (nSPS) is 12.3. The molecular weight excluding hydrogens is 336 g/mol. The number of halogens is 1. The lowest BCUT2D eigenvalue weighted by Crippen LogP contribution is -2.43. The number of oxazole rings is 1. The Morgan fingerprint density at radius 3 is 2.64 bits per heavy atom. The molecule has 0 aliphatic carbocycles. The number of rotatable bonds is 6. The van der Waals surface area contributed by atoms with Crippen LogP contribution in [-0.4, -0.2) is 24.0 Å². The highest BCUT2D eigenvalue weighted by Gasteiger charge is 2.21. The lowest BCUT2D eigenvalue weighted by molar-refractivity contribution is 0.471. The Labute approximate surface area is 154 Å². The van der Waals surface area contributed by atoms with E-state index in [2.05, 4.69) is 40.5 Å². The van der Waals surface area contributed by atoms with Crippen molar-refractivity contribution in [1.29, 1.82) is 0 Å². The molecule has 0 saturated carbocycles. The van der Waals surface area contributed by atoms with E-state index in [1.54, 1.807) is 0 Å². The Morgan fingerprint density at radius 2 is 2.04 bits per heavy atom. The standard InChI is InChI=1S/C19H27ClN4O/c1-6-21-18(22-11-17-24-13(2)14(3)25-17)23-12-19(4,5)15-8-7-9-16(20)10-15/h7-10H,6,11-12H2,1-5H3,(H2,21,22,23). The highest BCUT2D eigenvalue weighted by Crippen LogP contribution is 2.24. The molecular formula is C19H27ClN4O. The van der Waals surface area contributed by atoms with Gasteiger partial charge in [-0.2, -0.15) is 0 Å². The van der Waals surface area contributed by atoms with E-state index in [9.17, 15) is 0 Å². The number of hydrogen-bond acceptors (Lipinski definition) is 3. The molecule has 6 heteroatoms. The highest BCUT2D eigenvalue weighted by atomic mass is 35.5. The van der Waals surface area contributed by atoms with Crippen molar-refractivity contribution in [3.8, 4) is 0 Å². The monoisotopic (exact) mass is 362 g/mol. The molecule has 0 aliphatic rings. The molecule has 0 unspecified atom stereocenters. The lowest BCUT2D eigenvalue weighted by atomic mass is 9.84. The fraction of sp³-hybridized carbons (Fsp3) is 0.474. The minimum Gasteiger partial charge on any atom is -0.444 e. The van der Waals surface area contributed by atoms with Gasteiger partial charge in [0, 0.05) is 23.5 Å². The molecule has 0 bridgehead atoms. The maximum atomic E-state index is 6.12. The predicted molar refractivity (Wildman–Crippen MR) is 103 cm³/mol. The quantitative estimate of drug-likeness (QED) is 0.602. The van der Waals surface area contributed by atoms with Crippen LogP contribution in [0.3, 0.4) is 0 Å². The van der Waals surface area contributed by atoms with E-state index in [4.69, 9.17) is 16.0 Å². The molecule has 0 amide bonds. The Balaban J connectivity index is 2.04. The first-order valence-electron chi connectivity index (χ1n) is 8.53. The van der Waals surface area contributed by atoms with Crippen LogP contribution in [-0.2, 0) is 12.0 Å². The van der Waals surface area contributed by atoms with Gasteiger partial charge in [-0.15, -0.1) is 0 Å². The highest BCUT2D eigenvalue weighted by molar-refractivity contribution is 6.30. The van der Waals surface area contributed by atoms with E-state index >= 15 is 0 Å². The van der Waals surface area contributed by atoms with E-state index in [0.717, 1.165) is 35.5 Å². The van der Waals surface area contributed by atoms with E-state index in [1.165, 1.54) is 5.56 Å². The first kappa shape index (κ1) is 19.3. The van der Waals surface area contributed by atoms with Crippen molar-refractivity contribution in [2.45, 2.75) is 46.6 Å². The second-order valence-electron chi connectivity index (χ2n) is 6.69. The molecule has 0 atom stereocenters. The maximum Gasteiger partial charge on any atom is 0.216 e. The van der Waals surface area contributed by atoms with Gasteiger partial charge in [0.05, 0.1) is 5.69 Å². The van der Waals surface area contributed by atoms with Crippen molar-refractivity contribution in [3.05, 3.63) is 52.2 Å². The number of nitrogens with one attached hydrogen (secondary N) is 2. The van der Waals surface area contributed by atoms with Crippen molar-refractivity contribution < 1.29 is 4.42 Å². The zero-order valence-electron chi connectivity index (χ0n) is 15.6. The fourth-order valence-corrected chi connectivity index (χ4v) is 2.60. The molecule has 1 heterocycles. The molecule has 5 nitrogen and oxygen atoms in total. The molecule has 0 radical (unpaired) electrons. The third-order valence-electron chi connectivity index (χ3n) is 4.09. The van der Waals surface area contributed by atoms with Gasteiger partial charge >= 0.3 is 0 Å². The topological polar surface area (TPSA) is 62.5 Å². The van der Waals surface area contributed by atoms with Crippen LogP contribution in [0, 0.1) is 13.8 Å². The number of benzene rings is 1. The Kier molecular flexibility index (Phi) is 6.48. The summed E-state index contributed by atoms with van der Waals surface area (Å²) in [5.41, 5.74) is 2.00. The third kappa shape index (κ3) is 5.49. The van der Waals surface area contributed by atoms with Crippen LogP contribution in [0.5, 0.6) is 0 Å². The van der Waals surface area contributed by atoms with E-state index < -0.39 is 0 Å². The van der Waals surface area contributed by atoms with Gasteiger partial charge < -0.3 is 15.1 Å². The van der Waals surface area contributed by atoms with Crippen LogP contribution in [0.25, 0.3) is 0 Å². The summed E-state index contributed by atoms with van der Waals surface area (Å²) < 4.78 is 5.58. The molecule has 0 spiro atoms. The Bertz CT molecular complexity index is 717. The molecule has 1 aromatic carbocycles. The number of guanidine groups is 1. The second kappa shape index (κ2) is 8.39. The van der Waals surface area contributed by atoms with Crippen molar-refractivity contribution in [2.75, 3.05) is 13.1 Å². The van der Waals surface area contributed by atoms with Gasteiger partial charge in [0.2, 0.25) is 5.89 Å². The zero-order chi connectivity index (χ0) is 18.4. The summed E-state index contributed by atoms with van der Waals surface area (Å²) in [6.07, 6.45) is 0. The van der Waals surface area contributed by atoms with Gasteiger partial charge in [-0.1, -0.05) is 37.6 Å². The van der Waals surface area contributed by atoms with Crippen LogP contribution < -0.4 is 10.6 Å². The maximum absolute atomic E-state index is 6.12. The Morgan fingerprint density at radius 1 is 1.28 bits per heavy atom. The van der Waals surface area contributed by atoms with Crippen molar-refractivity contribution in [2.24, 2.45) is 4.99 Å². The number of hydrogen-bond donors (Lipinski definition) is 2. The molecule has 2 rings (SSSR count). The number of nitrogens with zero attached hydrogens (tertiary/aromatic N) is 2. The van der Waals surface area contributed by atoms with E-state index in [1.807, 2.05) is 39.0 Å². The van der Waals surface area contributed by atoms with Crippen LogP contribution in [0.1, 0.15) is 43.7 Å². The van der Waals surface area contributed by atoms with Crippen LogP contribution in [0.2, 0.25) is 5.02 Å². The molecule has 0 saturated heterocycles. The lowest BCUT2D eigenvalue weighted by Gasteiger charge is -2.27. The van der Waals surface area contributed by atoms with Gasteiger partial charge in [0.1, 0.15) is 12.3 Å². The summed E-state index contributed by atoms with van der Waals surface area (Å²) >= 11 is 6.12. The largest absolute Gasteiger partial charge is 0.444 e. The van der Waals surface area contributed by atoms with Crippen LogP contribution >= 0.6 is 11.6 Å². The Hall–Kier alpha value is -2.01. The molecule has 2 N–H and O–H groups in total. The van der Waals surface area contributed by atoms with Crippen molar-refractivity contribution >= 4 is 17.6 Å². The summed E-state index contributed by atoms with van der Waals surface area (Å²) in [6.45, 7) is 12.2. The van der Waals surface area contributed by atoms with Gasteiger partial charge in [0.15, 0.2) is 5.96 Å².